The third kappa shape index (κ3) is 3.35. The highest BCUT2D eigenvalue weighted by atomic mass is 32.2. The topological polar surface area (TPSA) is 58.2 Å². The van der Waals surface area contributed by atoms with Gasteiger partial charge in [0.2, 0.25) is 10.0 Å². The minimum absolute atomic E-state index is 0.0290. The highest BCUT2D eigenvalue weighted by Gasteiger charge is 2.27. The summed E-state index contributed by atoms with van der Waals surface area (Å²) in [7, 11) is -3.44. The van der Waals surface area contributed by atoms with E-state index in [1.807, 2.05) is 32.9 Å². The van der Waals surface area contributed by atoms with Crippen molar-refractivity contribution in [3.63, 3.8) is 0 Å². The molecule has 0 amide bonds. The first-order valence-electron chi connectivity index (χ1n) is 6.73. The van der Waals surface area contributed by atoms with Crippen LogP contribution in [0.15, 0.2) is 23.1 Å². The van der Waals surface area contributed by atoms with Crippen LogP contribution in [-0.4, -0.2) is 27.0 Å². The van der Waals surface area contributed by atoms with Gasteiger partial charge in [0.15, 0.2) is 0 Å². The fourth-order valence-electron chi connectivity index (χ4n) is 2.46. The molecule has 0 radical (unpaired) electrons. The van der Waals surface area contributed by atoms with Crippen molar-refractivity contribution >= 4 is 10.0 Å². The highest BCUT2D eigenvalue weighted by Crippen LogP contribution is 2.19. The number of rotatable bonds is 3. The molecule has 1 fully saturated rings. The van der Waals surface area contributed by atoms with Crippen molar-refractivity contribution in [3.8, 4) is 0 Å². The van der Waals surface area contributed by atoms with Crippen molar-refractivity contribution in [3.05, 3.63) is 29.3 Å². The number of aryl methyl sites for hydroxylation is 2. The van der Waals surface area contributed by atoms with Gasteiger partial charge in [0.1, 0.15) is 0 Å². The predicted molar refractivity (Wildman–Crippen MR) is 76.7 cm³/mol. The molecule has 0 aliphatic carbocycles. The Labute approximate surface area is 115 Å². The molecule has 1 aromatic carbocycles. The summed E-state index contributed by atoms with van der Waals surface area (Å²) in [6.07, 6.45) is 1.89. The lowest BCUT2D eigenvalue weighted by molar-refractivity contribution is 0.348. The molecule has 1 aliphatic rings. The number of benzene rings is 1. The van der Waals surface area contributed by atoms with Gasteiger partial charge in [-0.15, -0.1) is 0 Å². The quantitative estimate of drug-likeness (QED) is 0.887. The molecule has 2 atom stereocenters. The van der Waals surface area contributed by atoms with Crippen LogP contribution in [0.1, 0.15) is 30.9 Å². The largest absolute Gasteiger partial charge is 0.313 e. The van der Waals surface area contributed by atoms with E-state index >= 15 is 0 Å². The van der Waals surface area contributed by atoms with Gasteiger partial charge in [0.25, 0.3) is 0 Å². The van der Waals surface area contributed by atoms with E-state index in [0.717, 1.165) is 30.5 Å². The standard InChI is InChI=1S/C14H22N2O2S/c1-10-6-7-11(2)14(9-10)19(17,18)16-13-5-4-8-15-12(13)3/h6-7,9,12-13,15-16H,4-5,8H2,1-3H3. The molecule has 2 rings (SSSR count). The summed E-state index contributed by atoms with van der Waals surface area (Å²) in [5, 5.41) is 3.31. The zero-order chi connectivity index (χ0) is 14.0. The summed E-state index contributed by atoms with van der Waals surface area (Å²) in [5.74, 6) is 0. The molecular formula is C14H22N2O2S. The van der Waals surface area contributed by atoms with E-state index in [-0.39, 0.29) is 12.1 Å². The first kappa shape index (κ1) is 14.5. The van der Waals surface area contributed by atoms with Crippen molar-refractivity contribution in [2.45, 2.75) is 50.6 Å². The lowest BCUT2D eigenvalue weighted by Crippen LogP contribution is -2.51. The fraction of sp³-hybridized carbons (Fsp3) is 0.571. The second-order valence-electron chi connectivity index (χ2n) is 5.38. The van der Waals surface area contributed by atoms with Gasteiger partial charge in [-0.3, -0.25) is 0 Å². The van der Waals surface area contributed by atoms with Crippen molar-refractivity contribution in [2.24, 2.45) is 0 Å². The molecule has 1 aromatic rings. The number of piperidine rings is 1. The zero-order valence-corrected chi connectivity index (χ0v) is 12.5. The Balaban J connectivity index is 2.24. The van der Waals surface area contributed by atoms with Crippen LogP contribution in [0.3, 0.4) is 0 Å². The molecule has 0 saturated carbocycles. The van der Waals surface area contributed by atoms with Gasteiger partial charge in [-0.2, -0.15) is 0 Å². The first-order valence-corrected chi connectivity index (χ1v) is 8.21. The molecule has 0 aromatic heterocycles. The van der Waals surface area contributed by atoms with E-state index in [2.05, 4.69) is 10.0 Å². The van der Waals surface area contributed by atoms with Gasteiger partial charge >= 0.3 is 0 Å². The van der Waals surface area contributed by atoms with Crippen molar-refractivity contribution in [2.75, 3.05) is 6.54 Å². The summed E-state index contributed by atoms with van der Waals surface area (Å²) in [6, 6.07) is 5.66. The van der Waals surface area contributed by atoms with E-state index in [1.165, 1.54) is 0 Å². The number of sulfonamides is 1. The van der Waals surface area contributed by atoms with Gasteiger partial charge in [0, 0.05) is 12.1 Å². The lowest BCUT2D eigenvalue weighted by Gasteiger charge is -2.30. The van der Waals surface area contributed by atoms with E-state index in [0.29, 0.717) is 4.90 Å². The smallest absolute Gasteiger partial charge is 0.241 e. The van der Waals surface area contributed by atoms with Crippen LogP contribution in [-0.2, 0) is 10.0 Å². The van der Waals surface area contributed by atoms with Gasteiger partial charge in [-0.05, 0) is 57.4 Å². The van der Waals surface area contributed by atoms with Crippen LogP contribution in [0.5, 0.6) is 0 Å². The molecule has 4 nitrogen and oxygen atoms in total. The third-order valence-corrected chi connectivity index (χ3v) is 5.33. The maximum Gasteiger partial charge on any atom is 0.241 e. The molecule has 1 aliphatic heterocycles. The zero-order valence-electron chi connectivity index (χ0n) is 11.7. The van der Waals surface area contributed by atoms with Crippen LogP contribution < -0.4 is 10.0 Å². The Morgan fingerprint density at radius 3 is 2.74 bits per heavy atom. The Hall–Kier alpha value is -0.910. The summed E-state index contributed by atoms with van der Waals surface area (Å²) < 4.78 is 27.8. The molecule has 0 bridgehead atoms. The summed E-state index contributed by atoms with van der Waals surface area (Å²) in [6.45, 7) is 6.72. The third-order valence-electron chi connectivity index (χ3n) is 3.70. The molecule has 2 N–H and O–H groups in total. The lowest BCUT2D eigenvalue weighted by atomic mass is 10.0. The van der Waals surface area contributed by atoms with Crippen LogP contribution in [0.2, 0.25) is 0 Å². The molecule has 19 heavy (non-hydrogen) atoms. The average molecular weight is 282 g/mol. The minimum Gasteiger partial charge on any atom is -0.313 e. The van der Waals surface area contributed by atoms with Crippen LogP contribution in [0.4, 0.5) is 0 Å². The van der Waals surface area contributed by atoms with Gasteiger partial charge in [-0.25, -0.2) is 13.1 Å². The van der Waals surface area contributed by atoms with E-state index < -0.39 is 10.0 Å². The second kappa shape index (κ2) is 5.61. The summed E-state index contributed by atoms with van der Waals surface area (Å²) in [5.41, 5.74) is 1.75. The molecule has 106 valence electrons. The SMILES string of the molecule is Cc1ccc(C)c(S(=O)(=O)NC2CCCNC2C)c1. The fourth-order valence-corrected chi connectivity index (χ4v) is 4.15. The van der Waals surface area contributed by atoms with E-state index in [9.17, 15) is 8.42 Å². The number of nitrogens with one attached hydrogen (secondary N) is 2. The van der Waals surface area contributed by atoms with Crippen molar-refractivity contribution in [1.82, 2.24) is 10.0 Å². The minimum atomic E-state index is -3.44. The van der Waals surface area contributed by atoms with Crippen LogP contribution in [0.25, 0.3) is 0 Å². The Morgan fingerprint density at radius 1 is 1.32 bits per heavy atom. The molecule has 2 unspecified atom stereocenters. The normalized spacial score (nSPS) is 24.4. The van der Waals surface area contributed by atoms with Crippen molar-refractivity contribution in [1.29, 1.82) is 0 Å². The molecule has 0 spiro atoms. The van der Waals surface area contributed by atoms with Gasteiger partial charge in [-0.1, -0.05) is 12.1 Å². The van der Waals surface area contributed by atoms with Crippen molar-refractivity contribution < 1.29 is 8.42 Å². The van der Waals surface area contributed by atoms with Crippen LogP contribution >= 0.6 is 0 Å². The van der Waals surface area contributed by atoms with Gasteiger partial charge < -0.3 is 5.32 Å². The van der Waals surface area contributed by atoms with Gasteiger partial charge in [0.05, 0.1) is 4.90 Å². The first-order chi connectivity index (χ1) is 8.90. The molecular weight excluding hydrogens is 260 g/mol. The van der Waals surface area contributed by atoms with Crippen LogP contribution in [0, 0.1) is 13.8 Å². The Kier molecular flexibility index (Phi) is 4.28. The Bertz CT molecular complexity index is 555. The summed E-state index contributed by atoms with van der Waals surface area (Å²) in [4.78, 5) is 0.394. The maximum absolute atomic E-state index is 12.5. The van der Waals surface area contributed by atoms with E-state index in [4.69, 9.17) is 0 Å². The average Bonchev–Trinajstić information content (AvgIpc) is 2.35. The predicted octanol–water partition coefficient (Wildman–Crippen LogP) is 1.72. The Morgan fingerprint density at radius 2 is 2.05 bits per heavy atom. The van der Waals surface area contributed by atoms with E-state index in [1.54, 1.807) is 6.07 Å². The molecule has 5 heteroatoms. The monoisotopic (exact) mass is 282 g/mol. The molecule has 1 heterocycles. The second-order valence-corrected chi connectivity index (χ2v) is 7.06. The number of hydrogen-bond donors (Lipinski definition) is 2. The number of hydrogen-bond acceptors (Lipinski definition) is 3. The summed E-state index contributed by atoms with van der Waals surface area (Å²) >= 11 is 0. The molecule has 1 saturated heterocycles. The maximum atomic E-state index is 12.5. The highest BCUT2D eigenvalue weighted by molar-refractivity contribution is 7.89.